The molecule has 1 amide bonds. The Balaban J connectivity index is 1.81. The molecule has 286 valence electrons. The molecule has 2 heterocycles. The van der Waals surface area contributed by atoms with Gasteiger partial charge in [-0.25, -0.2) is 13.4 Å². The number of fused-ring (bicyclic) bond motifs is 1. The smallest absolute Gasteiger partial charge is 0.416 e. The van der Waals surface area contributed by atoms with Gasteiger partial charge >= 0.3 is 12.4 Å². The van der Waals surface area contributed by atoms with Gasteiger partial charge < -0.3 is 20.5 Å². The first-order chi connectivity index (χ1) is 25.1. The van der Waals surface area contributed by atoms with E-state index in [0.717, 1.165) is 18.2 Å². The van der Waals surface area contributed by atoms with Gasteiger partial charge in [0.2, 0.25) is 0 Å². The Hall–Kier alpha value is -4.25. The lowest BCUT2D eigenvalue weighted by atomic mass is 9.93. The zero-order valence-corrected chi connectivity index (χ0v) is 29.8. The predicted molar refractivity (Wildman–Crippen MR) is 187 cm³/mol. The molecular formula is C37H40F6N4O5S. The number of pyridine rings is 1. The standard InChI is InChI=1S/C37H40F6N4O5S/c1-3-52-30-21-29-27(20-31(30)53(50,51)4-2)32(35(49)46-34(37(41,42)43)23-9-6-5-7-10-23)28(22-47-16-13-26(14-17-47)44-15-18-48)33(45-29)24-11-8-12-25(19-24)36(38,39)40/h5-12,19-21,26,34,44,48H,3-4,13-18,22H2,1-2H3,(H,46,49)/t34-/m1/s1. The van der Waals surface area contributed by atoms with E-state index in [9.17, 15) is 44.7 Å². The number of aliphatic hydroxyl groups excluding tert-OH is 1. The molecule has 4 aromatic rings. The van der Waals surface area contributed by atoms with Crippen molar-refractivity contribution >= 4 is 26.6 Å². The van der Waals surface area contributed by atoms with E-state index in [1.165, 1.54) is 55.5 Å². The van der Waals surface area contributed by atoms with Crippen molar-refractivity contribution in [3.8, 4) is 17.0 Å². The number of hydrogen-bond donors (Lipinski definition) is 3. The number of rotatable bonds is 13. The first-order valence-electron chi connectivity index (χ1n) is 17.1. The highest BCUT2D eigenvalue weighted by atomic mass is 32.2. The Morgan fingerprint density at radius 1 is 1.00 bits per heavy atom. The molecule has 9 nitrogen and oxygen atoms in total. The van der Waals surface area contributed by atoms with Gasteiger partial charge in [0.25, 0.3) is 5.91 Å². The molecule has 0 aliphatic carbocycles. The zero-order valence-electron chi connectivity index (χ0n) is 29.0. The number of nitrogens with one attached hydrogen (secondary N) is 2. The van der Waals surface area contributed by atoms with Crippen LogP contribution in [0.15, 0.2) is 71.6 Å². The number of ether oxygens (including phenoxy) is 1. The lowest BCUT2D eigenvalue weighted by Gasteiger charge is -2.33. The molecule has 0 spiro atoms. The molecule has 1 aliphatic heterocycles. The number of carbonyl (C=O) groups excluding carboxylic acids is 1. The first-order valence-corrected chi connectivity index (χ1v) is 18.8. The van der Waals surface area contributed by atoms with Crippen LogP contribution >= 0.6 is 0 Å². The van der Waals surface area contributed by atoms with E-state index >= 15 is 0 Å². The highest BCUT2D eigenvalue weighted by Gasteiger charge is 2.43. The average molecular weight is 767 g/mol. The predicted octanol–water partition coefficient (Wildman–Crippen LogP) is 6.69. The molecule has 1 saturated heterocycles. The molecule has 53 heavy (non-hydrogen) atoms. The van der Waals surface area contributed by atoms with Gasteiger partial charge in [-0.1, -0.05) is 49.4 Å². The first kappa shape index (κ1) is 39.9. The molecule has 0 bridgehead atoms. The van der Waals surface area contributed by atoms with Gasteiger partial charge in [0.05, 0.1) is 41.3 Å². The van der Waals surface area contributed by atoms with E-state index in [1.807, 2.05) is 4.90 Å². The number of hydrogen-bond acceptors (Lipinski definition) is 8. The van der Waals surface area contributed by atoms with Crippen LogP contribution in [-0.4, -0.2) is 80.1 Å². The summed E-state index contributed by atoms with van der Waals surface area (Å²) < 4.78 is 118. The number of benzene rings is 3. The van der Waals surface area contributed by atoms with Gasteiger partial charge in [0.15, 0.2) is 15.9 Å². The Morgan fingerprint density at radius 2 is 1.70 bits per heavy atom. The van der Waals surface area contributed by atoms with Crippen molar-refractivity contribution in [3.63, 3.8) is 0 Å². The van der Waals surface area contributed by atoms with Gasteiger partial charge in [-0.05, 0) is 56.6 Å². The van der Waals surface area contributed by atoms with Crippen molar-refractivity contribution in [1.29, 1.82) is 0 Å². The molecule has 5 rings (SSSR count). The molecule has 16 heteroatoms. The molecular weight excluding hydrogens is 726 g/mol. The lowest BCUT2D eigenvalue weighted by molar-refractivity contribution is -0.155. The Bertz CT molecular complexity index is 2020. The number of amides is 1. The van der Waals surface area contributed by atoms with Crippen molar-refractivity contribution in [2.75, 3.05) is 38.6 Å². The minimum absolute atomic E-state index is 0.0223. The highest BCUT2D eigenvalue weighted by molar-refractivity contribution is 7.91. The average Bonchev–Trinajstić information content (AvgIpc) is 3.12. The van der Waals surface area contributed by atoms with Crippen LogP contribution in [0.25, 0.3) is 22.2 Å². The van der Waals surface area contributed by atoms with E-state index in [0.29, 0.717) is 32.5 Å². The second-order valence-corrected chi connectivity index (χ2v) is 14.9. The van der Waals surface area contributed by atoms with Crippen LogP contribution in [0, 0.1) is 0 Å². The summed E-state index contributed by atoms with van der Waals surface area (Å²) in [4.78, 5) is 20.8. The third-order valence-corrected chi connectivity index (χ3v) is 10.9. The summed E-state index contributed by atoms with van der Waals surface area (Å²) in [5.74, 6) is -1.72. The number of carbonyl (C=O) groups is 1. The van der Waals surface area contributed by atoms with Crippen molar-refractivity contribution < 1.29 is 49.4 Å². The van der Waals surface area contributed by atoms with Crippen molar-refractivity contribution in [3.05, 3.63) is 89.0 Å². The molecule has 1 fully saturated rings. The summed E-state index contributed by atoms with van der Waals surface area (Å²) in [7, 11) is -4.04. The number of halogens is 6. The summed E-state index contributed by atoms with van der Waals surface area (Å²) in [5.41, 5.74) is -1.82. The fourth-order valence-electron chi connectivity index (χ4n) is 6.46. The number of piperidine rings is 1. The maximum atomic E-state index is 14.6. The molecule has 1 atom stereocenters. The van der Waals surface area contributed by atoms with E-state index in [2.05, 4.69) is 10.6 Å². The number of nitrogens with zero attached hydrogens (tertiary/aromatic N) is 2. The summed E-state index contributed by atoms with van der Waals surface area (Å²) in [6.07, 6.45) is -8.52. The van der Waals surface area contributed by atoms with Crippen LogP contribution in [0.1, 0.15) is 59.8 Å². The Labute approximate surface area is 303 Å². The van der Waals surface area contributed by atoms with Crippen LogP contribution in [0.5, 0.6) is 5.75 Å². The van der Waals surface area contributed by atoms with Crippen LogP contribution < -0.4 is 15.4 Å². The van der Waals surface area contributed by atoms with Gasteiger partial charge in [-0.3, -0.25) is 9.69 Å². The zero-order chi connectivity index (χ0) is 38.6. The van der Waals surface area contributed by atoms with Gasteiger partial charge in [0, 0.05) is 41.7 Å². The summed E-state index contributed by atoms with van der Waals surface area (Å²) in [6, 6.07) is 10.9. The van der Waals surface area contributed by atoms with Crippen LogP contribution in [-0.2, 0) is 22.6 Å². The third kappa shape index (κ3) is 9.28. The van der Waals surface area contributed by atoms with Crippen molar-refractivity contribution in [1.82, 2.24) is 20.5 Å². The normalized spacial score (nSPS) is 15.4. The molecule has 0 radical (unpaired) electrons. The molecule has 3 aromatic carbocycles. The number of aliphatic hydroxyl groups is 1. The van der Waals surface area contributed by atoms with Crippen molar-refractivity contribution in [2.24, 2.45) is 0 Å². The summed E-state index contributed by atoms with van der Waals surface area (Å²) in [6.45, 7) is 4.08. The topological polar surface area (TPSA) is 121 Å². The second kappa shape index (κ2) is 16.4. The number of aromatic nitrogens is 1. The van der Waals surface area contributed by atoms with E-state index < -0.39 is 39.7 Å². The molecule has 0 saturated carbocycles. The molecule has 1 aromatic heterocycles. The van der Waals surface area contributed by atoms with Gasteiger partial charge in [-0.15, -0.1) is 0 Å². The Kier molecular flexibility index (Phi) is 12.4. The van der Waals surface area contributed by atoms with Gasteiger partial charge in [0.1, 0.15) is 10.6 Å². The number of alkyl halides is 6. The number of sulfone groups is 1. The van der Waals surface area contributed by atoms with Crippen LogP contribution in [0.4, 0.5) is 26.3 Å². The minimum atomic E-state index is -4.97. The second-order valence-electron chi connectivity index (χ2n) is 12.6. The van der Waals surface area contributed by atoms with Crippen LogP contribution in [0.2, 0.25) is 0 Å². The number of likely N-dealkylation sites (tertiary alicyclic amines) is 1. The van der Waals surface area contributed by atoms with Gasteiger partial charge in [-0.2, -0.15) is 26.3 Å². The van der Waals surface area contributed by atoms with E-state index in [1.54, 1.807) is 6.92 Å². The maximum Gasteiger partial charge on any atom is 0.416 e. The maximum absolute atomic E-state index is 14.6. The molecule has 0 unspecified atom stereocenters. The summed E-state index contributed by atoms with van der Waals surface area (Å²) >= 11 is 0. The fourth-order valence-corrected chi connectivity index (χ4v) is 7.50. The lowest BCUT2D eigenvalue weighted by Crippen LogP contribution is -2.43. The highest BCUT2D eigenvalue weighted by Crippen LogP contribution is 2.40. The third-order valence-electron chi connectivity index (χ3n) is 9.11. The summed E-state index contributed by atoms with van der Waals surface area (Å²) in [5, 5.41) is 14.5. The SMILES string of the molecule is CCOc1cc2nc(-c3cccc(C(F)(F)F)c3)c(CN3CCC(NCCO)CC3)c(C(=O)N[C@H](c3ccccc3)C(F)(F)F)c2cc1S(=O)(=O)CC. The minimum Gasteiger partial charge on any atom is -0.492 e. The van der Waals surface area contributed by atoms with Crippen molar-refractivity contribution in [2.45, 2.75) is 62.6 Å². The molecule has 1 aliphatic rings. The fraction of sp³-hybridized carbons (Fsp3) is 0.405. The quantitative estimate of drug-likeness (QED) is 0.129. The van der Waals surface area contributed by atoms with E-state index in [4.69, 9.17) is 9.72 Å². The largest absolute Gasteiger partial charge is 0.492 e. The monoisotopic (exact) mass is 766 g/mol. The van der Waals surface area contributed by atoms with E-state index in [-0.39, 0.29) is 81.0 Å². The van der Waals surface area contributed by atoms with Crippen LogP contribution in [0.3, 0.4) is 0 Å². The Morgan fingerprint density at radius 3 is 2.30 bits per heavy atom. The molecule has 3 N–H and O–H groups in total.